The van der Waals surface area contributed by atoms with Crippen molar-refractivity contribution in [2.24, 2.45) is 0 Å². The van der Waals surface area contributed by atoms with Crippen molar-refractivity contribution in [1.82, 2.24) is 4.90 Å². The zero-order chi connectivity index (χ0) is 19.4. The van der Waals surface area contributed by atoms with Gasteiger partial charge in [0.15, 0.2) is 6.61 Å². The van der Waals surface area contributed by atoms with Crippen LogP contribution in [-0.4, -0.2) is 37.0 Å². The van der Waals surface area contributed by atoms with E-state index in [0.717, 1.165) is 10.4 Å². The van der Waals surface area contributed by atoms with Gasteiger partial charge < -0.3 is 19.7 Å². The summed E-state index contributed by atoms with van der Waals surface area (Å²) < 4.78 is 10.5. The van der Waals surface area contributed by atoms with Crippen LogP contribution in [0.5, 0.6) is 11.5 Å². The number of fused-ring (bicyclic) bond motifs is 1. The fourth-order valence-electron chi connectivity index (χ4n) is 2.86. The molecule has 0 unspecified atom stereocenters. The molecule has 1 aliphatic rings. The van der Waals surface area contributed by atoms with Crippen LogP contribution in [0.4, 0.5) is 5.00 Å². The maximum Gasteiger partial charge on any atom is 0.262 e. The van der Waals surface area contributed by atoms with Crippen LogP contribution in [0.2, 0.25) is 0 Å². The smallest absolute Gasteiger partial charge is 0.262 e. The molecular weight excluding hydrogens is 366 g/mol. The summed E-state index contributed by atoms with van der Waals surface area (Å²) in [6, 6.07) is 9.10. The van der Waals surface area contributed by atoms with Gasteiger partial charge >= 0.3 is 0 Å². The van der Waals surface area contributed by atoms with Crippen LogP contribution >= 0.6 is 11.3 Å². The van der Waals surface area contributed by atoms with Gasteiger partial charge in [-0.05, 0) is 36.2 Å². The van der Waals surface area contributed by atoms with Crippen LogP contribution in [-0.2, 0) is 22.6 Å². The number of carbonyl (C=O) groups is 2. The van der Waals surface area contributed by atoms with Gasteiger partial charge in [0.05, 0.1) is 19.2 Å². The van der Waals surface area contributed by atoms with Gasteiger partial charge in [-0.25, -0.2) is 0 Å². The van der Waals surface area contributed by atoms with Gasteiger partial charge in [-0.15, -0.1) is 11.3 Å². The molecule has 8 heteroatoms. The van der Waals surface area contributed by atoms with Crippen LogP contribution < -0.4 is 14.8 Å². The van der Waals surface area contributed by atoms with E-state index in [-0.39, 0.29) is 18.4 Å². The van der Waals surface area contributed by atoms with Crippen molar-refractivity contribution in [3.8, 4) is 17.6 Å². The lowest BCUT2D eigenvalue weighted by Gasteiger charge is -2.25. The quantitative estimate of drug-likeness (QED) is 0.854. The van der Waals surface area contributed by atoms with Gasteiger partial charge in [-0.1, -0.05) is 0 Å². The molecule has 7 nitrogen and oxygen atoms in total. The van der Waals surface area contributed by atoms with Gasteiger partial charge in [0.2, 0.25) is 5.91 Å². The van der Waals surface area contributed by atoms with Crippen LogP contribution in [0.15, 0.2) is 24.3 Å². The van der Waals surface area contributed by atoms with E-state index in [1.807, 2.05) is 0 Å². The van der Waals surface area contributed by atoms with Gasteiger partial charge in [0.25, 0.3) is 5.91 Å². The number of carbonyl (C=O) groups excluding carboxylic acids is 2. The summed E-state index contributed by atoms with van der Waals surface area (Å²) in [6.45, 7) is 2.42. The third kappa shape index (κ3) is 4.20. The standard InChI is InChI=1S/C19H19N3O4S/c1-12(23)22-8-7-15-16(9-20)19(27-17(15)10-22)21-18(24)11-26-14-5-3-13(25-2)4-6-14/h3-6H,7-8,10-11H2,1-2H3,(H,21,24). The maximum atomic E-state index is 12.2. The number of anilines is 1. The maximum absolute atomic E-state index is 12.2. The molecule has 0 spiro atoms. The van der Waals surface area contributed by atoms with Crippen molar-refractivity contribution in [2.45, 2.75) is 19.9 Å². The van der Waals surface area contributed by atoms with E-state index in [2.05, 4.69) is 11.4 Å². The highest BCUT2D eigenvalue weighted by molar-refractivity contribution is 7.16. The van der Waals surface area contributed by atoms with Gasteiger partial charge in [-0.2, -0.15) is 5.26 Å². The van der Waals surface area contributed by atoms with E-state index in [4.69, 9.17) is 9.47 Å². The number of ether oxygens (including phenoxy) is 2. The molecule has 0 radical (unpaired) electrons. The number of hydrogen-bond acceptors (Lipinski definition) is 6. The normalized spacial score (nSPS) is 12.7. The fourth-order valence-corrected chi connectivity index (χ4v) is 4.09. The number of amides is 2. The molecule has 0 atom stereocenters. The monoisotopic (exact) mass is 385 g/mol. The number of nitrogens with one attached hydrogen (secondary N) is 1. The van der Waals surface area contributed by atoms with Crippen molar-refractivity contribution < 1.29 is 19.1 Å². The van der Waals surface area contributed by atoms with E-state index in [0.29, 0.717) is 41.6 Å². The number of hydrogen-bond donors (Lipinski definition) is 1. The minimum absolute atomic E-state index is 0.00559. The zero-order valence-electron chi connectivity index (χ0n) is 15.1. The first-order valence-electron chi connectivity index (χ1n) is 8.38. The fraction of sp³-hybridized carbons (Fsp3) is 0.316. The molecular formula is C19H19N3O4S. The molecule has 2 amide bonds. The molecule has 1 aromatic carbocycles. The predicted octanol–water partition coefficient (Wildman–Crippen LogP) is 2.55. The number of nitrogens with zero attached hydrogens (tertiary/aromatic N) is 2. The Balaban J connectivity index is 1.65. The largest absolute Gasteiger partial charge is 0.497 e. The summed E-state index contributed by atoms with van der Waals surface area (Å²) in [6.07, 6.45) is 0.618. The number of rotatable bonds is 5. The summed E-state index contributed by atoms with van der Waals surface area (Å²) in [5.41, 5.74) is 1.40. The van der Waals surface area contributed by atoms with Crippen molar-refractivity contribution >= 4 is 28.2 Å². The highest BCUT2D eigenvalue weighted by Crippen LogP contribution is 2.36. The van der Waals surface area contributed by atoms with Crippen LogP contribution in [0, 0.1) is 11.3 Å². The third-order valence-electron chi connectivity index (χ3n) is 4.30. The van der Waals surface area contributed by atoms with Crippen molar-refractivity contribution in [3.05, 3.63) is 40.3 Å². The van der Waals surface area contributed by atoms with Crippen molar-refractivity contribution in [2.75, 3.05) is 25.6 Å². The molecule has 27 heavy (non-hydrogen) atoms. The first-order valence-corrected chi connectivity index (χ1v) is 9.20. The summed E-state index contributed by atoms with van der Waals surface area (Å²) in [5.74, 6) is 0.915. The topological polar surface area (TPSA) is 91.7 Å². The molecule has 0 bridgehead atoms. The van der Waals surface area contributed by atoms with E-state index in [9.17, 15) is 14.9 Å². The second-order valence-electron chi connectivity index (χ2n) is 6.02. The van der Waals surface area contributed by atoms with Gasteiger partial charge in [0, 0.05) is 18.3 Å². The Labute approximate surface area is 161 Å². The number of methoxy groups -OCH3 is 1. The SMILES string of the molecule is COc1ccc(OCC(=O)Nc2sc3c(c2C#N)CCN(C(C)=O)C3)cc1. The summed E-state index contributed by atoms with van der Waals surface area (Å²) in [5, 5.41) is 12.8. The summed E-state index contributed by atoms with van der Waals surface area (Å²) >= 11 is 1.34. The predicted molar refractivity (Wildman–Crippen MR) is 101 cm³/mol. The number of benzene rings is 1. The van der Waals surface area contributed by atoms with Crippen molar-refractivity contribution in [3.63, 3.8) is 0 Å². The second kappa shape index (κ2) is 8.10. The Morgan fingerprint density at radius 3 is 2.63 bits per heavy atom. The molecule has 140 valence electrons. The Morgan fingerprint density at radius 2 is 2.00 bits per heavy atom. The molecule has 0 fully saturated rings. The van der Waals surface area contributed by atoms with E-state index >= 15 is 0 Å². The summed E-state index contributed by atoms with van der Waals surface area (Å²) in [4.78, 5) is 26.5. The molecule has 1 aliphatic heterocycles. The molecule has 1 aromatic heterocycles. The first kappa shape index (κ1) is 18.7. The van der Waals surface area contributed by atoms with E-state index < -0.39 is 0 Å². The minimum atomic E-state index is -0.343. The molecule has 1 N–H and O–H groups in total. The Bertz CT molecular complexity index is 899. The lowest BCUT2D eigenvalue weighted by Crippen LogP contribution is -2.33. The Kier molecular flexibility index (Phi) is 5.62. The molecule has 0 saturated carbocycles. The van der Waals surface area contributed by atoms with E-state index in [1.165, 1.54) is 18.3 Å². The Morgan fingerprint density at radius 1 is 1.30 bits per heavy atom. The van der Waals surface area contributed by atoms with E-state index in [1.54, 1.807) is 36.3 Å². The minimum Gasteiger partial charge on any atom is -0.497 e. The molecule has 0 saturated heterocycles. The Hall–Kier alpha value is -3.05. The summed E-state index contributed by atoms with van der Waals surface area (Å²) in [7, 11) is 1.58. The third-order valence-corrected chi connectivity index (χ3v) is 5.43. The van der Waals surface area contributed by atoms with Crippen LogP contribution in [0.1, 0.15) is 22.9 Å². The molecule has 2 aromatic rings. The number of nitriles is 1. The molecule has 3 rings (SSSR count). The van der Waals surface area contributed by atoms with Gasteiger partial charge in [0.1, 0.15) is 22.6 Å². The van der Waals surface area contributed by atoms with Crippen LogP contribution in [0.25, 0.3) is 0 Å². The number of thiophene rings is 1. The lowest BCUT2D eigenvalue weighted by atomic mass is 10.0. The lowest BCUT2D eigenvalue weighted by molar-refractivity contribution is -0.129. The first-order chi connectivity index (χ1) is 13.0. The zero-order valence-corrected chi connectivity index (χ0v) is 15.9. The van der Waals surface area contributed by atoms with Crippen LogP contribution in [0.3, 0.4) is 0 Å². The average molecular weight is 385 g/mol. The molecule has 2 heterocycles. The van der Waals surface area contributed by atoms with Crippen molar-refractivity contribution in [1.29, 1.82) is 5.26 Å². The molecule has 0 aliphatic carbocycles. The second-order valence-corrected chi connectivity index (χ2v) is 7.13. The average Bonchev–Trinajstić information content (AvgIpc) is 3.02. The van der Waals surface area contributed by atoms with Gasteiger partial charge in [-0.3, -0.25) is 9.59 Å². The highest BCUT2D eigenvalue weighted by atomic mass is 32.1. The highest BCUT2D eigenvalue weighted by Gasteiger charge is 2.26.